The molecule has 32 heavy (non-hydrogen) atoms. The van der Waals surface area contributed by atoms with Crippen LogP contribution in [-0.2, 0) is 18.1 Å². The maximum atomic E-state index is 14.9. The monoisotopic (exact) mass is 493 g/mol. The number of alkyl halides is 1. The van der Waals surface area contributed by atoms with E-state index in [1.807, 2.05) is 36.4 Å². The van der Waals surface area contributed by atoms with Crippen LogP contribution in [0.3, 0.4) is 0 Å². The molecule has 0 aromatic heterocycles. The predicted octanol–water partition coefficient (Wildman–Crippen LogP) is 3.06. The molecule has 1 aliphatic rings. The molecule has 0 aliphatic carbocycles. The molecule has 1 fully saturated rings. The fourth-order valence-electron chi connectivity index (χ4n) is 4.18. The van der Waals surface area contributed by atoms with Crippen LogP contribution < -0.4 is 15.3 Å². The molecule has 3 rings (SSSR count). The Morgan fingerprint density at radius 1 is 1.09 bits per heavy atom. The zero-order chi connectivity index (χ0) is 23.4. The van der Waals surface area contributed by atoms with E-state index in [0.717, 1.165) is 10.4 Å². The van der Waals surface area contributed by atoms with Crippen molar-refractivity contribution in [2.75, 3.05) is 13.7 Å². The quantitative estimate of drug-likeness (QED) is 0.304. The van der Waals surface area contributed by atoms with E-state index in [2.05, 4.69) is 45.0 Å². The van der Waals surface area contributed by atoms with E-state index in [1.165, 1.54) is 7.11 Å². The molecule has 0 N–H and O–H groups in total. The molecule has 2 aromatic rings. The summed E-state index contributed by atoms with van der Waals surface area (Å²) in [6.07, 6.45) is -4.43. The van der Waals surface area contributed by atoms with Crippen molar-refractivity contribution in [3.8, 4) is 0 Å². The van der Waals surface area contributed by atoms with Crippen LogP contribution in [0, 0.1) is 0 Å². The Hall–Kier alpha value is -0.898. The van der Waals surface area contributed by atoms with E-state index in [-0.39, 0.29) is 11.6 Å². The van der Waals surface area contributed by atoms with E-state index in [9.17, 15) is 9.28 Å². The average Bonchev–Trinajstić information content (AvgIpc) is 3.07. The van der Waals surface area contributed by atoms with Gasteiger partial charge in [0.15, 0.2) is 0 Å². The van der Waals surface area contributed by atoms with Crippen molar-refractivity contribution in [1.29, 1.82) is 0 Å². The molecule has 1 saturated heterocycles. The second-order valence-electron chi connectivity index (χ2n) is 8.62. The first-order chi connectivity index (χ1) is 15.2. The molecule has 0 spiro atoms. The van der Waals surface area contributed by atoms with Gasteiger partial charge in [0, 0.05) is 0 Å². The van der Waals surface area contributed by atoms with Gasteiger partial charge in [-0.25, -0.2) is 0 Å². The third-order valence-corrected chi connectivity index (χ3v) is 11.7. The van der Waals surface area contributed by atoms with Crippen molar-refractivity contribution in [2.45, 2.75) is 50.5 Å². The summed E-state index contributed by atoms with van der Waals surface area (Å²) in [5.74, 6) is 0. The van der Waals surface area contributed by atoms with E-state index in [1.54, 1.807) is 0 Å². The molecule has 2 aromatic carbocycles. The molecule has 1 heterocycles. The Labute approximate surface area is 196 Å². The number of halogens is 1. The second-order valence-corrected chi connectivity index (χ2v) is 15.4. The first-order valence-corrected chi connectivity index (χ1v) is 14.9. The number of hydrogen-bond donors (Lipinski definition) is 0. The number of ether oxygens (including phenoxy) is 2. The van der Waals surface area contributed by atoms with E-state index < -0.39 is 39.8 Å². The zero-order valence-corrected chi connectivity index (χ0v) is 21.4. The van der Waals surface area contributed by atoms with Crippen LogP contribution in [0.4, 0.5) is 4.39 Å². The molecule has 0 amide bonds. The standard InChI is InChI=1S/C22H28BFO5PSSi/c1-22(2,3)32(16-11-7-5-8-12-16,17-13-9-6-10-14-17)27-15-18-20(29-31-30(23)25)19(24)21(26-4)28-18/h5-14,18-21H,15H2,1-4H3/t18-,19+,20-,21?/m1/s1. The second kappa shape index (κ2) is 11.0. The fourth-order valence-corrected chi connectivity index (χ4v) is 9.72. The third kappa shape index (κ3) is 5.42. The minimum atomic E-state index is -2.83. The van der Waals surface area contributed by atoms with Crippen molar-refractivity contribution in [1.82, 2.24) is 0 Å². The van der Waals surface area contributed by atoms with Crippen molar-refractivity contribution < 1.29 is 27.4 Å². The van der Waals surface area contributed by atoms with E-state index >= 15 is 0 Å². The molecule has 0 bridgehead atoms. The number of rotatable bonds is 9. The van der Waals surface area contributed by atoms with Gasteiger partial charge in [0.05, 0.1) is 0 Å². The van der Waals surface area contributed by atoms with Gasteiger partial charge in [-0.3, -0.25) is 0 Å². The summed E-state index contributed by atoms with van der Waals surface area (Å²) in [5.41, 5.74) is 0. The van der Waals surface area contributed by atoms with Gasteiger partial charge >= 0.3 is 197 Å². The van der Waals surface area contributed by atoms with Gasteiger partial charge in [0.2, 0.25) is 0 Å². The Balaban J connectivity index is 1.97. The summed E-state index contributed by atoms with van der Waals surface area (Å²) >= 11 is 0.547. The van der Waals surface area contributed by atoms with Gasteiger partial charge < -0.3 is 0 Å². The number of methoxy groups -OCH3 is 1. The molecule has 10 heteroatoms. The summed E-state index contributed by atoms with van der Waals surface area (Å²) in [4.78, 5) is 11.3. The molecule has 5 nitrogen and oxygen atoms in total. The molecule has 1 aliphatic heterocycles. The third-order valence-electron chi connectivity index (χ3n) is 5.59. The maximum absolute atomic E-state index is 14.9. The zero-order valence-electron chi connectivity index (χ0n) is 18.6. The Morgan fingerprint density at radius 2 is 1.62 bits per heavy atom. The first kappa shape index (κ1) is 25.7. The SMILES string of the molecule is [B]=[P+]([O-])SO[C@H]1[C@H](F)C(OC)O[C@@H]1CO[Si](c1ccccc1)(c1ccccc1)C(C)(C)C. The average molecular weight is 493 g/mol. The number of benzene rings is 2. The van der Waals surface area contributed by atoms with Crippen LogP contribution >= 0.6 is 18.5 Å². The van der Waals surface area contributed by atoms with Gasteiger partial charge in [-0.05, 0) is 0 Å². The van der Waals surface area contributed by atoms with Crippen LogP contribution in [0.15, 0.2) is 60.7 Å². The summed E-state index contributed by atoms with van der Waals surface area (Å²) in [6, 6.07) is 20.3. The summed E-state index contributed by atoms with van der Waals surface area (Å²) in [5, 5.41) is 1.97. The Morgan fingerprint density at radius 3 is 2.06 bits per heavy atom. The Kier molecular flexibility index (Phi) is 8.86. The molecule has 0 saturated carbocycles. The molecule has 1 radical (unpaired) electrons. The van der Waals surface area contributed by atoms with Gasteiger partial charge in [-0.15, -0.1) is 0 Å². The molecular formula is C22H28BFO5PSSi. The fraction of sp³-hybridized carbons (Fsp3) is 0.455. The van der Waals surface area contributed by atoms with Crippen molar-refractivity contribution in [2.24, 2.45) is 0 Å². The van der Waals surface area contributed by atoms with Gasteiger partial charge in [0.1, 0.15) is 0 Å². The number of hydrogen-bond acceptors (Lipinski definition) is 6. The van der Waals surface area contributed by atoms with E-state index in [0.29, 0.717) is 11.7 Å². The van der Waals surface area contributed by atoms with Gasteiger partial charge in [0.25, 0.3) is 0 Å². The van der Waals surface area contributed by atoms with Crippen molar-refractivity contribution in [3.05, 3.63) is 60.7 Å². The summed E-state index contributed by atoms with van der Waals surface area (Å²) in [6.45, 7) is 4.42. The minimum absolute atomic E-state index is 0.0835. The van der Waals surface area contributed by atoms with Gasteiger partial charge in [-0.1, -0.05) is 0 Å². The van der Waals surface area contributed by atoms with Gasteiger partial charge in [-0.2, -0.15) is 0 Å². The molecule has 2 unspecified atom stereocenters. The van der Waals surface area contributed by atoms with Crippen LogP contribution in [0.25, 0.3) is 0 Å². The normalized spacial score (nSPS) is 24.5. The van der Waals surface area contributed by atoms with Crippen molar-refractivity contribution in [3.63, 3.8) is 0 Å². The van der Waals surface area contributed by atoms with Crippen LogP contribution in [0.2, 0.25) is 5.04 Å². The molecule has 171 valence electrons. The van der Waals surface area contributed by atoms with Crippen LogP contribution in [-0.4, -0.2) is 53.9 Å². The first-order valence-electron chi connectivity index (χ1n) is 10.3. The van der Waals surface area contributed by atoms with Crippen LogP contribution in [0.1, 0.15) is 20.8 Å². The predicted molar refractivity (Wildman–Crippen MR) is 129 cm³/mol. The molecule has 5 atom stereocenters. The summed E-state index contributed by atoms with van der Waals surface area (Å²) in [7, 11) is 3.85. The van der Waals surface area contributed by atoms with Crippen molar-refractivity contribution >= 4 is 44.4 Å². The van der Waals surface area contributed by atoms with E-state index in [4.69, 9.17) is 25.3 Å². The molecular weight excluding hydrogens is 465 g/mol. The van der Waals surface area contributed by atoms with Crippen LogP contribution in [0.5, 0.6) is 0 Å². The summed E-state index contributed by atoms with van der Waals surface area (Å²) < 4.78 is 38.1. The topological polar surface area (TPSA) is 60.0 Å². The Bertz CT molecular complexity index is 849.